The molecule has 0 bridgehead atoms. The van der Waals surface area contributed by atoms with Crippen LogP contribution in [-0.2, 0) is 17.8 Å². The lowest BCUT2D eigenvalue weighted by Gasteiger charge is -2.32. The summed E-state index contributed by atoms with van der Waals surface area (Å²) in [4.78, 5) is 22.0. The summed E-state index contributed by atoms with van der Waals surface area (Å²) in [6.45, 7) is 1.37. The Balaban J connectivity index is 1.62. The van der Waals surface area contributed by atoms with Gasteiger partial charge in [0.25, 0.3) is 0 Å². The number of aromatic amines is 1. The van der Waals surface area contributed by atoms with E-state index in [4.69, 9.17) is 0 Å². The van der Waals surface area contributed by atoms with E-state index >= 15 is 0 Å². The van der Waals surface area contributed by atoms with E-state index in [0.29, 0.717) is 13.0 Å². The van der Waals surface area contributed by atoms with Crippen LogP contribution in [0.15, 0.2) is 41.6 Å². The van der Waals surface area contributed by atoms with Gasteiger partial charge in [0.15, 0.2) is 0 Å². The Morgan fingerprint density at radius 1 is 1.43 bits per heavy atom. The Labute approximate surface area is 127 Å². The number of carbonyl (C=O) groups is 1. The van der Waals surface area contributed by atoms with E-state index in [2.05, 4.69) is 22.1 Å². The molecule has 1 aliphatic rings. The van der Waals surface area contributed by atoms with Gasteiger partial charge >= 0.3 is 5.97 Å². The maximum atomic E-state index is 11.4. The number of nitrogens with one attached hydrogen (secondary N) is 1. The molecule has 0 saturated carbocycles. The summed E-state index contributed by atoms with van der Waals surface area (Å²) in [5, 5.41) is 9.40. The summed E-state index contributed by atoms with van der Waals surface area (Å²) in [5.41, 5.74) is 1.92. The number of aromatic nitrogens is 2. The second kappa shape index (κ2) is 6.32. The zero-order chi connectivity index (χ0) is 14.7. The van der Waals surface area contributed by atoms with Crippen molar-refractivity contribution in [3.63, 3.8) is 0 Å². The molecule has 3 rings (SSSR count). The number of thioether (sulfide) groups is 1. The topological polar surface area (TPSA) is 69.2 Å². The van der Waals surface area contributed by atoms with Crippen LogP contribution in [0.25, 0.3) is 0 Å². The summed E-state index contributed by atoms with van der Waals surface area (Å²) in [6.07, 6.45) is 2.12. The molecule has 2 heterocycles. The van der Waals surface area contributed by atoms with E-state index in [9.17, 15) is 9.90 Å². The number of hydrogen-bond acceptors (Lipinski definition) is 4. The molecule has 0 radical (unpaired) electrons. The number of aliphatic carboxylic acids is 1. The molecule has 1 aromatic carbocycles. The van der Waals surface area contributed by atoms with Gasteiger partial charge in [-0.3, -0.25) is 9.69 Å². The maximum Gasteiger partial charge on any atom is 0.321 e. The predicted molar refractivity (Wildman–Crippen MR) is 81.3 cm³/mol. The van der Waals surface area contributed by atoms with Gasteiger partial charge in [0.2, 0.25) is 0 Å². The highest BCUT2D eigenvalue weighted by Gasteiger charge is 2.32. The zero-order valence-electron chi connectivity index (χ0n) is 11.5. The van der Waals surface area contributed by atoms with Crippen LogP contribution in [0, 0.1) is 0 Å². The van der Waals surface area contributed by atoms with E-state index in [-0.39, 0.29) is 0 Å². The molecule has 1 atom stereocenters. The van der Waals surface area contributed by atoms with E-state index in [0.717, 1.165) is 23.7 Å². The van der Waals surface area contributed by atoms with Crippen molar-refractivity contribution in [2.24, 2.45) is 0 Å². The second-order valence-corrected chi connectivity index (χ2v) is 6.19. The fraction of sp³-hybridized carbons (Fsp3) is 0.333. The lowest BCUT2D eigenvalue weighted by atomic mass is 10.0. The lowest BCUT2D eigenvalue weighted by Crippen LogP contribution is -2.46. The van der Waals surface area contributed by atoms with E-state index in [1.54, 1.807) is 18.1 Å². The second-order valence-electron chi connectivity index (χ2n) is 5.02. The normalized spacial score (nSPS) is 18.4. The van der Waals surface area contributed by atoms with Crippen LogP contribution in [0.3, 0.4) is 0 Å². The number of carboxylic acid groups (broad SMARTS) is 1. The molecule has 0 fully saturated rings. The van der Waals surface area contributed by atoms with Crippen LogP contribution in [0.5, 0.6) is 0 Å². The first-order chi connectivity index (χ1) is 10.2. The number of rotatable bonds is 5. The molecule has 2 N–H and O–H groups in total. The summed E-state index contributed by atoms with van der Waals surface area (Å²) in [7, 11) is 0. The van der Waals surface area contributed by atoms with E-state index in [1.165, 1.54) is 4.90 Å². The van der Waals surface area contributed by atoms with Gasteiger partial charge in [-0.25, -0.2) is 4.98 Å². The first-order valence-corrected chi connectivity index (χ1v) is 7.88. The number of hydrogen-bond donors (Lipinski definition) is 2. The van der Waals surface area contributed by atoms with Gasteiger partial charge < -0.3 is 10.1 Å². The Kier molecular flexibility index (Phi) is 4.26. The lowest BCUT2D eigenvalue weighted by molar-refractivity contribution is -0.143. The van der Waals surface area contributed by atoms with Crippen molar-refractivity contribution in [1.29, 1.82) is 0 Å². The average Bonchev–Trinajstić information content (AvgIpc) is 2.94. The van der Waals surface area contributed by atoms with Crippen LogP contribution < -0.4 is 0 Å². The molecular formula is C15H17N3O2S. The number of nitrogens with zero attached hydrogens (tertiary/aromatic N) is 2. The smallest absolute Gasteiger partial charge is 0.321 e. The summed E-state index contributed by atoms with van der Waals surface area (Å²) < 4.78 is 0. The maximum absolute atomic E-state index is 11.4. The fourth-order valence-corrected chi connectivity index (χ4v) is 3.47. The van der Waals surface area contributed by atoms with Crippen molar-refractivity contribution in [1.82, 2.24) is 14.9 Å². The molecule has 0 saturated heterocycles. The molecule has 0 aliphatic carbocycles. The highest BCUT2D eigenvalue weighted by atomic mass is 32.2. The van der Waals surface area contributed by atoms with Gasteiger partial charge in [0.1, 0.15) is 6.04 Å². The fourth-order valence-electron chi connectivity index (χ4n) is 2.56. The minimum atomic E-state index is -0.770. The minimum Gasteiger partial charge on any atom is -0.480 e. The van der Waals surface area contributed by atoms with Crippen molar-refractivity contribution < 1.29 is 9.90 Å². The number of carboxylic acids is 1. The SMILES string of the molecule is O=C(O)C1Cc2nc[nH]c2CN1CCSc1ccccc1. The molecule has 21 heavy (non-hydrogen) atoms. The molecule has 110 valence electrons. The van der Waals surface area contributed by atoms with Gasteiger partial charge in [-0.2, -0.15) is 0 Å². The molecule has 2 aromatic rings. The summed E-state index contributed by atoms with van der Waals surface area (Å²) >= 11 is 1.75. The van der Waals surface area contributed by atoms with E-state index in [1.807, 2.05) is 23.1 Å². The monoisotopic (exact) mass is 303 g/mol. The van der Waals surface area contributed by atoms with Gasteiger partial charge in [0, 0.05) is 30.2 Å². The Morgan fingerprint density at radius 3 is 3.00 bits per heavy atom. The highest BCUT2D eigenvalue weighted by Crippen LogP contribution is 2.23. The Morgan fingerprint density at radius 2 is 2.24 bits per heavy atom. The molecule has 0 amide bonds. The third-order valence-electron chi connectivity index (χ3n) is 3.67. The third kappa shape index (κ3) is 3.28. The number of H-pyrrole nitrogens is 1. The molecule has 1 aliphatic heterocycles. The van der Waals surface area contributed by atoms with Gasteiger partial charge in [-0.15, -0.1) is 11.8 Å². The molecular weight excluding hydrogens is 286 g/mol. The highest BCUT2D eigenvalue weighted by molar-refractivity contribution is 7.99. The van der Waals surface area contributed by atoms with Crippen LogP contribution in [0.4, 0.5) is 0 Å². The Hall–Kier alpha value is -1.79. The number of benzene rings is 1. The van der Waals surface area contributed by atoms with Crippen molar-refractivity contribution in [3.8, 4) is 0 Å². The van der Waals surface area contributed by atoms with Crippen LogP contribution in [-0.4, -0.2) is 44.3 Å². The van der Waals surface area contributed by atoms with Gasteiger partial charge in [-0.05, 0) is 12.1 Å². The van der Waals surface area contributed by atoms with Crippen molar-refractivity contribution in [2.75, 3.05) is 12.3 Å². The largest absolute Gasteiger partial charge is 0.480 e. The number of fused-ring (bicyclic) bond motifs is 1. The van der Waals surface area contributed by atoms with Gasteiger partial charge in [0.05, 0.1) is 17.7 Å². The molecule has 5 nitrogen and oxygen atoms in total. The molecule has 0 spiro atoms. The standard InChI is InChI=1S/C15H17N3O2S/c19-15(20)14-8-12-13(17-10-16-12)9-18(14)6-7-21-11-4-2-1-3-5-11/h1-5,10,14H,6-9H2,(H,16,17)(H,19,20). The molecule has 1 aromatic heterocycles. The predicted octanol–water partition coefficient (Wildman–Crippen LogP) is 2.01. The van der Waals surface area contributed by atoms with Crippen molar-refractivity contribution in [2.45, 2.75) is 23.9 Å². The first-order valence-electron chi connectivity index (χ1n) is 6.90. The first kappa shape index (κ1) is 14.2. The minimum absolute atomic E-state index is 0.475. The van der Waals surface area contributed by atoms with Crippen LogP contribution in [0.2, 0.25) is 0 Å². The third-order valence-corrected chi connectivity index (χ3v) is 4.66. The molecule has 6 heteroatoms. The van der Waals surface area contributed by atoms with Crippen LogP contribution in [0.1, 0.15) is 11.4 Å². The van der Waals surface area contributed by atoms with E-state index < -0.39 is 12.0 Å². The summed E-state index contributed by atoms with van der Waals surface area (Å²) in [5.74, 6) is 0.102. The zero-order valence-corrected chi connectivity index (χ0v) is 12.3. The van der Waals surface area contributed by atoms with Crippen LogP contribution >= 0.6 is 11.8 Å². The summed E-state index contributed by atoms with van der Waals surface area (Å²) in [6, 6.07) is 9.69. The number of imidazole rings is 1. The molecule has 1 unspecified atom stereocenters. The average molecular weight is 303 g/mol. The van der Waals surface area contributed by atoms with Crippen molar-refractivity contribution >= 4 is 17.7 Å². The van der Waals surface area contributed by atoms with Gasteiger partial charge in [-0.1, -0.05) is 18.2 Å². The van der Waals surface area contributed by atoms with Crippen molar-refractivity contribution in [3.05, 3.63) is 48.0 Å². The Bertz CT molecular complexity index is 614. The quantitative estimate of drug-likeness (QED) is 0.827.